The Hall–Kier alpha value is -0.0800. The normalized spacial score (nSPS) is 47.8. The van der Waals surface area contributed by atoms with Crippen molar-refractivity contribution in [2.24, 2.45) is 16.7 Å². The second-order valence-corrected chi connectivity index (χ2v) is 7.23. The monoisotopic (exact) mass is 237 g/mol. The Morgan fingerprint density at radius 1 is 1.24 bits per heavy atom. The van der Waals surface area contributed by atoms with Crippen LogP contribution in [0.2, 0.25) is 0 Å². The summed E-state index contributed by atoms with van der Waals surface area (Å²) in [4.78, 5) is 0. The number of ether oxygens (including phenoxy) is 1. The van der Waals surface area contributed by atoms with Gasteiger partial charge in [0.05, 0.1) is 12.7 Å². The summed E-state index contributed by atoms with van der Waals surface area (Å²) in [5.41, 5.74) is 0.914. The van der Waals surface area contributed by atoms with Crippen LogP contribution in [-0.4, -0.2) is 25.3 Å². The highest BCUT2D eigenvalue weighted by atomic mass is 16.5. The molecule has 2 bridgehead atoms. The highest BCUT2D eigenvalue weighted by Crippen LogP contribution is 2.66. The molecule has 1 aliphatic heterocycles. The average Bonchev–Trinajstić information content (AvgIpc) is 2.91. The molecule has 1 saturated heterocycles. The average molecular weight is 237 g/mol. The van der Waals surface area contributed by atoms with Crippen molar-refractivity contribution in [3.8, 4) is 0 Å². The first-order valence-electron chi connectivity index (χ1n) is 7.39. The maximum Gasteiger partial charge on any atom is 0.0637 e. The lowest BCUT2D eigenvalue weighted by Gasteiger charge is -2.39. The first-order valence-corrected chi connectivity index (χ1v) is 7.39. The molecule has 0 spiro atoms. The SMILES string of the molecule is CC1(C)C2CCC1(C)C(OC[C@H]1CCCN1)C2. The molecular formula is C15H27NO. The minimum absolute atomic E-state index is 0.427. The summed E-state index contributed by atoms with van der Waals surface area (Å²) < 4.78 is 6.30. The fourth-order valence-electron chi connectivity index (χ4n) is 4.51. The third-order valence-electron chi connectivity index (χ3n) is 6.37. The lowest BCUT2D eigenvalue weighted by molar-refractivity contribution is -0.0520. The van der Waals surface area contributed by atoms with Crippen LogP contribution < -0.4 is 5.32 Å². The Morgan fingerprint density at radius 2 is 2.06 bits per heavy atom. The van der Waals surface area contributed by atoms with Crippen LogP contribution in [0.3, 0.4) is 0 Å². The van der Waals surface area contributed by atoms with E-state index in [1.165, 1.54) is 38.6 Å². The predicted molar refractivity (Wildman–Crippen MR) is 70.0 cm³/mol. The molecule has 1 N–H and O–H groups in total. The zero-order valence-electron chi connectivity index (χ0n) is 11.6. The molecular weight excluding hydrogens is 210 g/mol. The largest absolute Gasteiger partial charge is 0.376 e. The van der Waals surface area contributed by atoms with E-state index in [0.29, 0.717) is 23.0 Å². The summed E-state index contributed by atoms with van der Waals surface area (Å²) in [6.45, 7) is 9.50. The summed E-state index contributed by atoms with van der Waals surface area (Å²) >= 11 is 0. The van der Waals surface area contributed by atoms with E-state index < -0.39 is 0 Å². The highest BCUT2D eigenvalue weighted by Gasteiger charge is 2.61. The van der Waals surface area contributed by atoms with Crippen LogP contribution in [-0.2, 0) is 4.74 Å². The Morgan fingerprint density at radius 3 is 2.59 bits per heavy atom. The van der Waals surface area contributed by atoms with Crippen molar-refractivity contribution in [1.29, 1.82) is 0 Å². The summed E-state index contributed by atoms with van der Waals surface area (Å²) in [7, 11) is 0. The molecule has 98 valence electrons. The molecule has 4 atom stereocenters. The Labute approximate surface area is 105 Å². The lowest BCUT2D eigenvalue weighted by Crippen LogP contribution is -2.39. The molecule has 3 fully saturated rings. The van der Waals surface area contributed by atoms with E-state index >= 15 is 0 Å². The maximum atomic E-state index is 6.30. The van der Waals surface area contributed by atoms with Gasteiger partial charge in [0.2, 0.25) is 0 Å². The van der Waals surface area contributed by atoms with Gasteiger partial charge in [-0.2, -0.15) is 0 Å². The van der Waals surface area contributed by atoms with Gasteiger partial charge in [-0.1, -0.05) is 20.8 Å². The second kappa shape index (κ2) is 3.96. The molecule has 3 rings (SSSR count). The number of nitrogens with one attached hydrogen (secondary N) is 1. The quantitative estimate of drug-likeness (QED) is 0.815. The van der Waals surface area contributed by atoms with E-state index in [4.69, 9.17) is 4.74 Å². The summed E-state index contributed by atoms with van der Waals surface area (Å²) in [6.07, 6.45) is 7.23. The van der Waals surface area contributed by atoms with Crippen molar-refractivity contribution in [2.45, 2.75) is 65.0 Å². The van der Waals surface area contributed by atoms with E-state index in [1.54, 1.807) is 0 Å². The Balaban J connectivity index is 1.62. The third-order valence-corrected chi connectivity index (χ3v) is 6.37. The van der Waals surface area contributed by atoms with E-state index in [-0.39, 0.29) is 0 Å². The maximum absolute atomic E-state index is 6.30. The van der Waals surface area contributed by atoms with Gasteiger partial charge in [0.15, 0.2) is 0 Å². The highest BCUT2D eigenvalue weighted by molar-refractivity contribution is 5.11. The topological polar surface area (TPSA) is 21.3 Å². The molecule has 3 aliphatic rings. The third kappa shape index (κ3) is 1.67. The number of hydrogen-bond donors (Lipinski definition) is 1. The van der Waals surface area contributed by atoms with Crippen LogP contribution in [0, 0.1) is 16.7 Å². The zero-order valence-corrected chi connectivity index (χ0v) is 11.6. The van der Waals surface area contributed by atoms with Crippen molar-refractivity contribution in [3.05, 3.63) is 0 Å². The number of rotatable bonds is 3. The first-order chi connectivity index (χ1) is 8.04. The molecule has 2 nitrogen and oxygen atoms in total. The van der Waals surface area contributed by atoms with Crippen LogP contribution in [0.1, 0.15) is 52.9 Å². The second-order valence-electron chi connectivity index (χ2n) is 7.23. The van der Waals surface area contributed by atoms with Crippen molar-refractivity contribution in [2.75, 3.05) is 13.2 Å². The molecule has 0 aromatic rings. The van der Waals surface area contributed by atoms with E-state index in [1.807, 2.05) is 0 Å². The van der Waals surface area contributed by atoms with Crippen LogP contribution in [0.4, 0.5) is 0 Å². The fourth-order valence-corrected chi connectivity index (χ4v) is 4.51. The van der Waals surface area contributed by atoms with E-state index in [2.05, 4.69) is 26.1 Å². The van der Waals surface area contributed by atoms with Gasteiger partial charge in [-0.3, -0.25) is 0 Å². The molecule has 1 heterocycles. The van der Waals surface area contributed by atoms with Gasteiger partial charge in [-0.15, -0.1) is 0 Å². The van der Waals surface area contributed by atoms with Crippen molar-refractivity contribution >= 4 is 0 Å². The minimum Gasteiger partial charge on any atom is -0.376 e. The standard InChI is InChI=1S/C15H27NO/c1-14(2)11-6-7-15(14,3)13(9-11)17-10-12-5-4-8-16-12/h11-13,16H,4-10H2,1-3H3/t11?,12-,13?,15?/m1/s1. The molecule has 3 unspecified atom stereocenters. The van der Waals surface area contributed by atoms with Gasteiger partial charge >= 0.3 is 0 Å². The number of fused-ring (bicyclic) bond motifs is 2. The molecule has 17 heavy (non-hydrogen) atoms. The van der Waals surface area contributed by atoms with Gasteiger partial charge < -0.3 is 10.1 Å². The van der Waals surface area contributed by atoms with Gasteiger partial charge in [0, 0.05) is 6.04 Å². The Kier molecular flexibility index (Phi) is 2.79. The van der Waals surface area contributed by atoms with Crippen LogP contribution in [0.15, 0.2) is 0 Å². The summed E-state index contributed by atoms with van der Waals surface area (Å²) in [5.74, 6) is 0.897. The molecule has 2 aliphatic carbocycles. The Bertz CT molecular complexity index is 295. The summed E-state index contributed by atoms with van der Waals surface area (Å²) in [6, 6.07) is 0.626. The van der Waals surface area contributed by atoms with Crippen molar-refractivity contribution < 1.29 is 4.74 Å². The molecule has 0 radical (unpaired) electrons. The molecule has 2 saturated carbocycles. The van der Waals surface area contributed by atoms with Gasteiger partial charge in [0.25, 0.3) is 0 Å². The van der Waals surface area contributed by atoms with E-state index in [9.17, 15) is 0 Å². The zero-order chi connectivity index (χ0) is 12.1. The van der Waals surface area contributed by atoms with Crippen LogP contribution in [0.25, 0.3) is 0 Å². The van der Waals surface area contributed by atoms with E-state index in [0.717, 1.165) is 12.5 Å². The smallest absolute Gasteiger partial charge is 0.0637 e. The molecule has 2 heteroatoms. The van der Waals surface area contributed by atoms with Gasteiger partial charge in [-0.25, -0.2) is 0 Å². The fraction of sp³-hybridized carbons (Fsp3) is 1.00. The molecule has 0 aromatic carbocycles. The molecule has 0 amide bonds. The van der Waals surface area contributed by atoms with Gasteiger partial charge in [-0.05, 0) is 55.4 Å². The van der Waals surface area contributed by atoms with Crippen LogP contribution in [0.5, 0.6) is 0 Å². The van der Waals surface area contributed by atoms with Crippen LogP contribution >= 0.6 is 0 Å². The van der Waals surface area contributed by atoms with Gasteiger partial charge in [0.1, 0.15) is 0 Å². The first kappa shape index (κ1) is 12.0. The number of hydrogen-bond acceptors (Lipinski definition) is 2. The lowest BCUT2D eigenvalue weighted by atomic mass is 9.70. The molecule has 0 aromatic heterocycles. The predicted octanol–water partition coefficient (Wildman–Crippen LogP) is 2.97. The van der Waals surface area contributed by atoms with Crippen molar-refractivity contribution in [3.63, 3.8) is 0 Å². The minimum atomic E-state index is 0.427. The van der Waals surface area contributed by atoms with Crippen molar-refractivity contribution in [1.82, 2.24) is 5.32 Å². The summed E-state index contributed by atoms with van der Waals surface area (Å²) in [5, 5.41) is 3.53.